The summed E-state index contributed by atoms with van der Waals surface area (Å²) in [4.78, 5) is 0. The fourth-order valence-corrected chi connectivity index (χ4v) is 7.22. The van der Waals surface area contributed by atoms with Gasteiger partial charge in [-0.2, -0.15) is 0 Å². The van der Waals surface area contributed by atoms with Gasteiger partial charge in [0.1, 0.15) is 0 Å². The lowest BCUT2D eigenvalue weighted by molar-refractivity contribution is 0.528. The molecule has 4 heteroatoms. The molecule has 2 N–H and O–H groups in total. The van der Waals surface area contributed by atoms with E-state index >= 15 is 4.57 Å². The summed E-state index contributed by atoms with van der Waals surface area (Å²) in [6, 6.07) is 48.0. The Morgan fingerprint density at radius 2 is 1.00 bits per heavy atom. The molecule has 37 heavy (non-hydrogen) atoms. The molecule has 0 amide bonds. The Morgan fingerprint density at radius 1 is 0.541 bits per heavy atom. The Morgan fingerprint density at radius 3 is 1.54 bits per heavy atom. The number of rotatable bonds is 9. The van der Waals surface area contributed by atoms with Gasteiger partial charge in [0, 0.05) is 16.3 Å². The predicted molar refractivity (Wildman–Crippen MR) is 156 cm³/mol. The van der Waals surface area contributed by atoms with E-state index in [2.05, 4.69) is 71.9 Å². The Bertz CT molecular complexity index is 1410. The second kappa shape index (κ2) is 11.4. The predicted octanol–water partition coefficient (Wildman–Crippen LogP) is 7.41. The minimum atomic E-state index is -3.23. The van der Waals surface area contributed by atoms with Gasteiger partial charge in [0.25, 0.3) is 0 Å². The summed E-state index contributed by atoms with van der Waals surface area (Å²) in [5, 5.41) is 9.06. The maximum atomic E-state index is 15.2. The van der Waals surface area contributed by atoms with Crippen LogP contribution < -0.4 is 21.0 Å². The topological polar surface area (TPSA) is 41.1 Å². The second-order valence-electron chi connectivity index (χ2n) is 9.14. The van der Waals surface area contributed by atoms with Crippen molar-refractivity contribution >= 4 is 23.6 Å². The van der Waals surface area contributed by atoms with Crippen LogP contribution in [0.25, 0.3) is 0 Å². The van der Waals surface area contributed by atoms with E-state index in [-0.39, 0.29) is 12.1 Å². The van der Waals surface area contributed by atoms with Crippen molar-refractivity contribution in [3.63, 3.8) is 0 Å². The molecule has 0 saturated carbocycles. The Balaban J connectivity index is 1.69. The van der Waals surface area contributed by atoms with Gasteiger partial charge in [0.15, 0.2) is 0 Å². The molecule has 0 spiro atoms. The summed E-state index contributed by atoms with van der Waals surface area (Å²) in [5.41, 5.74) is 4.36. The van der Waals surface area contributed by atoms with Gasteiger partial charge in [-0.15, -0.1) is 0 Å². The second-order valence-corrected chi connectivity index (χ2v) is 11.7. The fourth-order valence-electron chi connectivity index (χ4n) is 4.76. The zero-order valence-electron chi connectivity index (χ0n) is 20.9. The number of hydrogen-bond acceptors (Lipinski definition) is 2. The van der Waals surface area contributed by atoms with E-state index in [0.29, 0.717) is 0 Å². The SMILES string of the molecule is Cc1ccccc1C(NP(=O)(c1ccccc1)c1ccccc1)C(Nc1ccccc1)c1ccccc1. The molecular formula is C33H31N2OP. The third-order valence-electron chi connectivity index (χ3n) is 6.67. The molecule has 0 bridgehead atoms. The first-order valence-electron chi connectivity index (χ1n) is 12.6. The first kappa shape index (κ1) is 24.8. The molecule has 0 radical (unpaired) electrons. The molecule has 0 aromatic heterocycles. The van der Waals surface area contributed by atoms with E-state index in [1.807, 2.05) is 91.0 Å². The Hall–Kier alpha value is -3.91. The van der Waals surface area contributed by atoms with Gasteiger partial charge in [0.05, 0.1) is 12.1 Å². The van der Waals surface area contributed by atoms with Crippen molar-refractivity contribution in [1.29, 1.82) is 0 Å². The maximum Gasteiger partial charge on any atom is 0.205 e. The van der Waals surface area contributed by atoms with Crippen LogP contribution in [0.1, 0.15) is 28.8 Å². The summed E-state index contributed by atoms with van der Waals surface area (Å²) in [6.45, 7) is 2.12. The lowest BCUT2D eigenvalue weighted by Crippen LogP contribution is -2.36. The minimum absolute atomic E-state index is 0.189. The number of nitrogens with one attached hydrogen (secondary N) is 2. The Kier molecular flexibility index (Phi) is 7.65. The quantitative estimate of drug-likeness (QED) is 0.206. The van der Waals surface area contributed by atoms with Crippen molar-refractivity contribution in [2.75, 3.05) is 5.32 Å². The lowest BCUT2D eigenvalue weighted by atomic mass is 9.91. The summed E-state index contributed by atoms with van der Waals surface area (Å²) < 4.78 is 15.2. The molecule has 0 saturated heterocycles. The molecule has 5 rings (SSSR count). The van der Waals surface area contributed by atoms with Crippen LogP contribution in [-0.4, -0.2) is 0 Å². The van der Waals surface area contributed by atoms with Crippen LogP contribution in [0, 0.1) is 6.92 Å². The molecule has 0 heterocycles. The average molecular weight is 503 g/mol. The molecule has 3 nitrogen and oxygen atoms in total. The van der Waals surface area contributed by atoms with Crippen molar-refractivity contribution in [2.24, 2.45) is 0 Å². The molecule has 0 aliphatic heterocycles. The third-order valence-corrected chi connectivity index (χ3v) is 9.36. The van der Waals surface area contributed by atoms with Gasteiger partial charge in [-0.3, -0.25) is 9.65 Å². The molecule has 0 fully saturated rings. The van der Waals surface area contributed by atoms with Gasteiger partial charge >= 0.3 is 0 Å². The largest absolute Gasteiger partial charge is 0.376 e. The molecule has 5 aromatic carbocycles. The summed E-state index contributed by atoms with van der Waals surface area (Å²) in [7, 11) is -3.23. The number of para-hydroxylation sites is 1. The van der Waals surface area contributed by atoms with Crippen LogP contribution in [0.4, 0.5) is 5.69 Å². The molecule has 5 aromatic rings. The van der Waals surface area contributed by atoms with E-state index in [0.717, 1.165) is 33.0 Å². The molecule has 0 aliphatic carbocycles. The smallest absolute Gasteiger partial charge is 0.205 e. The normalized spacial score (nSPS) is 13.0. The Labute approximate surface area is 219 Å². The van der Waals surface area contributed by atoms with Crippen molar-refractivity contribution in [1.82, 2.24) is 5.09 Å². The third kappa shape index (κ3) is 5.59. The summed E-state index contributed by atoms with van der Waals surface area (Å²) in [5.74, 6) is 0. The molecule has 184 valence electrons. The monoisotopic (exact) mass is 502 g/mol. The molecule has 2 unspecified atom stereocenters. The number of anilines is 1. The first-order chi connectivity index (χ1) is 18.1. The van der Waals surface area contributed by atoms with Crippen LogP contribution in [0.3, 0.4) is 0 Å². The van der Waals surface area contributed by atoms with E-state index < -0.39 is 7.29 Å². The highest BCUT2D eigenvalue weighted by Gasteiger charge is 2.35. The number of hydrogen-bond donors (Lipinski definition) is 2. The summed E-state index contributed by atoms with van der Waals surface area (Å²) >= 11 is 0. The summed E-state index contributed by atoms with van der Waals surface area (Å²) in [6.07, 6.45) is 0. The van der Waals surface area contributed by atoms with Crippen molar-refractivity contribution < 1.29 is 4.57 Å². The van der Waals surface area contributed by atoms with E-state index in [4.69, 9.17) is 0 Å². The number of aryl methyl sites for hydroxylation is 1. The zero-order chi connectivity index (χ0) is 25.5. The van der Waals surface area contributed by atoms with E-state index in [9.17, 15) is 0 Å². The van der Waals surface area contributed by atoms with Crippen molar-refractivity contribution in [2.45, 2.75) is 19.0 Å². The van der Waals surface area contributed by atoms with Gasteiger partial charge in [-0.1, -0.05) is 109 Å². The molecule has 0 aliphatic rings. The fraction of sp³-hybridized carbons (Fsp3) is 0.0909. The highest BCUT2D eigenvalue weighted by Crippen LogP contribution is 2.46. The standard InChI is InChI=1S/C33H31N2OP/c1-26-16-14-15-25-31(26)33(32(27-17-6-2-7-18-27)34-28-19-8-3-9-20-28)35-37(36,29-21-10-4-11-22-29)30-23-12-5-13-24-30/h2-25,32-34H,1H3,(H,35,36). The minimum Gasteiger partial charge on any atom is -0.376 e. The highest BCUT2D eigenvalue weighted by atomic mass is 31.2. The van der Waals surface area contributed by atoms with Crippen LogP contribution in [0.15, 0.2) is 146 Å². The van der Waals surface area contributed by atoms with Crippen LogP contribution in [-0.2, 0) is 4.57 Å². The highest BCUT2D eigenvalue weighted by molar-refractivity contribution is 7.76. The van der Waals surface area contributed by atoms with Crippen molar-refractivity contribution in [3.8, 4) is 0 Å². The maximum absolute atomic E-state index is 15.2. The van der Waals surface area contributed by atoms with Gasteiger partial charge in [0.2, 0.25) is 7.29 Å². The van der Waals surface area contributed by atoms with Crippen LogP contribution in [0.2, 0.25) is 0 Å². The average Bonchev–Trinajstić information content (AvgIpc) is 2.97. The van der Waals surface area contributed by atoms with Crippen LogP contribution >= 0.6 is 7.29 Å². The van der Waals surface area contributed by atoms with Gasteiger partial charge in [-0.05, 0) is 60.0 Å². The zero-order valence-corrected chi connectivity index (χ0v) is 21.8. The van der Waals surface area contributed by atoms with Crippen molar-refractivity contribution in [3.05, 3.63) is 162 Å². The number of benzene rings is 5. The first-order valence-corrected chi connectivity index (χ1v) is 14.3. The molecule has 2 atom stereocenters. The van der Waals surface area contributed by atoms with Crippen LogP contribution in [0.5, 0.6) is 0 Å². The lowest BCUT2D eigenvalue weighted by Gasteiger charge is -2.35. The van der Waals surface area contributed by atoms with Gasteiger partial charge < -0.3 is 5.32 Å². The van der Waals surface area contributed by atoms with E-state index in [1.165, 1.54) is 0 Å². The molecular weight excluding hydrogens is 471 g/mol. The van der Waals surface area contributed by atoms with E-state index in [1.54, 1.807) is 0 Å². The van der Waals surface area contributed by atoms with Gasteiger partial charge in [-0.25, -0.2) is 0 Å².